The number of aryl methyl sites for hydroxylation is 2. The number of hydrogen-bond donors (Lipinski definition) is 2. The number of benzene rings is 1. The zero-order valence-electron chi connectivity index (χ0n) is 17.1. The third-order valence-corrected chi connectivity index (χ3v) is 5.88. The smallest absolute Gasteiger partial charge is 0.261 e. The van der Waals surface area contributed by atoms with E-state index in [9.17, 15) is 13.2 Å². The van der Waals surface area contributed by atoms with Gasteiger partial charge in [-0.3, -0.25) is 14.5 Å². The Morgan fingerprint density at radius 3 is 2.43 bits per heavy atom. The Morgan fingerprint density at radius 1 is 1.03 bits per heavy atom. The zero-order chi connectivity index (χ0) is 21.7. The lowest BCUT2D eigenvalue weighted by Crippen LogP contribution is -2.14. The van der Waals surface area contributed by atoms with E-state index in [0.29, 0.717) is 22.8 Å². The fourth-order valence-corrected chi connectivity index (χ4v) is 4.09. The summed E-state index contributed by atoms with van der Waals surface area (Å²) in [5.41, 5.74) is 3.50. The quantitative estimate of drug-likeness (QED) is 0.593. The molecule has 0 aliphatic heterocycles. The van der Waals surface area contributed by atoms with Gasteiger partial charge in [-0.1, -0.05) is 25.5 Å². The van der Waals surface area contributed by atoms with Crippen molar-refractivity contribution in [2.24, 2.45) is 0 Å². The molecule has 156 valence electrons. The highest BCUT2D eigenvalue weighted by Gasteiger charge is 2.16. The van der Waals surface area contributed by atoms with E-state index in [-0.39, 0.29) is 10.8 Å². The highest BCUT2D eigenvalue weighted by atomic mass is 32.2. The summed E-state index contributed by atoms with van der Waals surface area (Å²) < 4.78 is 28.3. The maximum absolute atomic E-state index is 12.8. The first-order chi connectivity index (χ1) is 14.3. The van der Waals surface area contributed by atoms with Gasteiger partial charge in [0.1, 0.15) is 5.82 Å². The Balaban J connectivity index is 1.89. The molecular formula is C22H24N4O3S. The molecule has 0 saturated heterocycles. The number of anilines is 2. The van der Waals surface area contributed by atoms with E-state index in [1.165, 1.54) is 6.92 Å². The highest BCUT2D eigenvalue weighted by Crippen LogP contribution is 2.27. The van der Waals surface area contributed by atoms with Gasteiger partial charge in [0.05, 0.1) is 16.3 Å². The molecule has 3 rings (SSSR count). The Labute approximate surface area is 176 Å². The monoisotopic (exact) mass is 424 g/mol. The van der Waals surface area contributed by atoms with Crippen molar-refractivity contribution in [3.8, 4) is 11.1 Å². The lowest BCUT2D eigenvalue weighted by atomic mass is 10.1. The first-order valence-corrected chi connectivity index (χ1v) is 11.1. The topological polar surface area (TPSA) is 101 Å². The van der Waals surface area contributed by atoms with Crippen LogP contribution in [0, 0.1) is 6.92 Å². The lowest BCUT2D eigenvalue weighted by molar-refractivity contribution is -0.114. The van der Waals surface area contributed by atoms with Gasteiger partial charge in [-0.25, -0.2) is 13.4 Å². The van der Waals surface area contributed by atoms with E-state index >= 15 is 0 Å². The van der Waals surface area contributed by atoms with Gasteiger partial charge in [-0.05, 0) is 54.8 Å². The van der Waals surface area contributed by atoms with Crippen LogP contribution in [0.5, 0.6) is 0 Å². The maximum Gasteiger partial charge on any atom is 0.261 e. The summed E-state index contributed by atoms with van der Waals surface area (Å²) >= 11 is 0. The number of carbonyl (C=O) groups excluding carboxylic acids is 1. The van der Waals surface area contributed by atoms with Gasteiger partial charge in [0.2, 0.25) is 5.91 Å². The number of pyridine rings is 2. The largest absolute Gasteiger partial charge is 0.311 e. The number of hydrogen-bond acceptors (Lipinski definition) is 5. The fraction of sp³-hybridized carbons (Fsp3) is 0.227. The summed E-state index contributed by atoms with van der Waals surface area (Å²) in [6.07, 6.45) is 5.13. The number of carbonyl (C=O) groups is 1. The number of sulfonamides is 1. The number of amides is 1. The van der Waals surface area contributed by atoms with Crippen LogP contribution in [0.15, 0.2) is 59.8 Å². The number of nitrogens with zero attached hydrogens (tertiary/aromatic N) is 2. The van der Waals surface area contributed by atoms with Gasteiger partial charge in [0, 0.05) is 24.9 Å². The molecule has 7 nitrogen and oxygen atoms in total. The SMILES string of the molecule is CCCc1ccc(S(=O)(=O)Nc2cc(-c3ccnc(NC(C)=O)c3)cnc2C)cc1. The van der Waals surface area contributed by atoms with E-state index in [1.807, 2.05) is 12.1 Å². The standard InChI is InChI=1S/C22H24N4O3S/c1-4-5-17-6-8-20(9-7-17)30(28,29)26-21-12-19(14-24-15(21)2)18-10-11-23-22(13-18)25-16(3)27/h6-14,26H,4-5H2,1-3H3,(H,23,25,27). The average molecular weight is 425 g/mol. The van der Waals surface area contributed by atoms with Gasteiger partial charge in [-0.15, -0.1) is 0 Å². The van der Waals surface area contributed by atoms with Gasteiger partial charge < -0.3 is 5.32 Å². The van der Waals surface area contributed by atoms with Crippen molar-refractivity contribution in [3.05, 3.63) is 66.1 Å². The third-order valence-electron chi connectivity index (χ3n) is 4.50. The van der Waals surface area contributed by atoms with E-state index in [4.69, 9.17) is 0 Å². The Bertz CT molecular complexity index is 1160. The van der Waals surface area contributed by atoms with Crippen LogP contribution in [-0.2, 0) is 21.2 Å². The van der Waals surface area contributed by atoms with E-state index in [0.717, 1.165) is 24.0 Å². The third kappa shape index (κ3) is 5.21. The molecule has 2 heterocycles. The van der Waals surface area contributed by atoms with Gasteiger partial charge >= 0.3 is 0 Å². The van der Waals surface area contributed by atoms with Crippen molar-refractivity contribution in [2.45, 2.75) is 38.5 Å². The Morgan fingerprint density at radius 2 is 1.77 bits per heavy atom. The van der Waals surface area contributed by atoms with Crippen LogP contribution in [0.25, 0.3) is 11.1 Å². The fourth-order valence-electron chi connectivity index (χ4n) is 2.98. The van der Waals surface area contributed by atoms with Crippen LogP contribution in [0.1, 0.15) is 31.5 Å². The Hall–Kier alpha value is -3.26. The highest BCUT2D eigenvalue weighted by molar-refractivity contribution is 7.92. The molecule has 30 heavy (non-hydrogen) atoms. The van der Waals surface area contributed by atoms with Crippen LogP contribution < -0.4 is 10.0 Å². The Kier molecular flexibility index (Phi) is 6.47. The van der Waals surface area contributed by atoms with E-state index in [2.05, 4.69) is 26.9 Å². The van der Waals surface area contributed by atoms with Crippen molar-refractivity contribution in [1.29, 1.82) is 0 Å². The summed E-state index contributed by atoms with van der Waals surface area (Å²) in [4.78, 5) is 19.9. The molecule has 2 aromatic heterocycles. The van der Waals surface area contributed by atoms with Crippen molar-refractivity contribution < 1.29 is 13.2 Å². The number of aromatic nitrogens is 2. The number of rotatable bonds is 7. The first-order valence-electron chi connectivity index (χ1n) is 9.61. The van der Waals surface area contributed by atoms with Gasteiger partial charge in [0.15, 0.2) is 0 Å². The molecule has 0 aliphatic carbocycles. The van der Waals surface area contributed by atoms with Crippen LogP contribution in [0.2, 0.25) is 0 Å². The molecule has 0 saturated carbocycles. The normalized spacial score (nSPS) is 11.2. The summed E-state index contributed by atoms with van der Waals surface area (Å²) in [5.74, 6) is 0.190. The van der Waals surface area contributed by atoms with Crippen molar-refractivity contribution in [2.75, 3.05) is 10.0 Å². The molecule has 0 fully saturated rings. The minimum atomic E-state index is -3.75. The van der Waals surface area contributed by atoms with Crippen molar-refractivity contribution >= 4 is 27.4 Å². The molecule has 0 unspecified atom stereocenters. The molecule has 8 heteroatoms. The van der Waals surface area contributed by atoms with Crippen molar-refractivity contribution in [1.82, 2.24) is 9.97 Å². The molecule has 1 aromatic carbocycles. The number of nitrogens with one attached hydrogen (secondary N) is 2. The molecular weight excluding hydrogens is 400 g/mol. The van der Waals surface area contributed by atoms with Gasteiger partial charge in [-0.2, -0.15) is 0 Å². The molecule has 3 aromatic rings. The summed E-state index contributed by atoms with van der Waals surface area (Å²) in [6.45, 7) is 5.22. The van der Waals surface area contributed by atoms with E-state index < -0.39 is 10.0 Å². The minimum absolute atomic E-state index is 0.198. The molecule has 2 N–H and O–H groups in total. The van der Waals surface area contributed by atoms with Crippen LogP contribution in [0.4, 0.5) is 11.5 Å². The summed E-state index contributed by atoms with van der Waals surface area (Å²) in [6, 6.07) is 12.1. The summed E-state index contributed by atoms with van der Waals surface area (Å²) in [5, 5.41) is 2.63. The van der Waals surface area contributed by atoms with Gasteiger partial charge in [0.25, 0.3) is 10.0 Å². The molecule has 1 amide bonds. The average Bonchev–Trinajstić information content (AvgIpc) is 2.70. The minimum Gasteiger partial charge on any atom is -0.311 e. The van der Waals surface area contributed by atoms with Crippen LogP contribution in [-0.4, -0.2) is 24.3 Å². The lowest BCUT2D eigenvalue weighted by Gasteiger charge is -2.13. The predicted molar refractivity (Wildman–Crippen MR) is 118 cm³/mol. The first kappa shape index (κ1) is 21.4. The maximum atomic E-state index is 12.8. The molecule has 0 aliphatic rings. The second-order valence-corrected chi connectivity index (χ2v) is 8.65. The van der Waals surface area contributed by atoms with Crippen LogP contribution in [0.3, 0.4) is 0 Å². The molecule has 0 spiro atoms. The van der Waals surface area contributed by atoms with Crippen LogP contribution >= 0.6 is 0 Å². The summed E-state index contributed by atoms with van der Waals surface area (Å²) in [7, 11) is -3.75. The second kappa shape index (κ2) is 9.04. The molecule has 0 bridgehead atoms. The second-order valence-electron chi connectivity index (χ2n) is 6.97. The predicted octanol–water partition coefficient (Wildman–Crippen LogP) is 4.16. The zero-order valence-corrected chi connectivity index (χ0v) is 18.0. The molecule has 0 radical (unpaired) electrons. The molecule has 0 atom stereocenters. The van der Waals surface area contributed by atoms with E-state index in [1.54, 1.807) is 49.6 Å². The van der Waals surface area contributed by atoms with Crippen molar-refractivity contribution in [3.63, 3.8) is 0 Å².